The Labute approximate surface area is 118 Å². The molecular formula is C14H12BrF2NO. The molecule has 1 unspecified atom stereocenters. The van der Waals surface area contributed by atoms with Crippen LogP contribution in [0.25, 0.3) is 0 Å². The first kappa shape index (κ1) is 14.0. The summed E-state index contributed by atoms with van der Waals surface area (Å²) in [5.41, 5.74) is 6.70. The summed E-state index contributed by atoms with van der Waals surface area (Å²) in [7, 11) is 1.50. The highest BCUT2D eigenvalue weighted by Crippen LogP contribution is 2.32. The van der Waals surface area contributed by atoms with Crippen LogP contribution in [0.5, 0.6) is 5.75 Å². The van der Waals surface area contributed by atoms with E-state index in [0.29, 0.717) is 11.3 Å². The third-order valence-corrected chi connectivity index (χ3v) is 3.32. The number of nitrogens with two attached hydrogens (primary N) is 1. The van der Waals surface area contributed by atoms with Gasteiger partial charge in [0.1, 0.15) is 17.4 Å². The molecule has 5 heteroatoms. The van der Waals surface area contributed by atoms with Gasteiger partial charge in [0.25, 0.3) is 0 Å². The molecule has 1 atom stereocenters. The minimum Gasteiger partial charge on any atom is -0.496 e. The molecule has 2 N–H and O–H groups in total. The summed E-state index contributed by atoms with van der Waals surface area (Å²) in [5.74, 6) is -0.549. The Hall–Kier alpha value is -1.46. The summed E-state index contributed by atoms with van der Waals surface area (Å²) in [6.07, 6.45) is 0. The molecule has 2 aromatic rings. The lowest BCUT2D eigenvalue weighted by atomic mass is 9.98. The van der Waals surface area contributed by atoms with Gasteiger partial charge >= 0.3 is 0 Å². The van der Waals surface area contributed by atoms with Crippen molar-refractivity contribution >= 4 is 15.9 Å². The summed E-state index contributed by atoms with van der Waals surface area (Å²) in [6.45, 7) is 0. The maximum Gasteiger partial charge on any atom is 0.128 e. The summed E-state index contributed by atoms with van der Waals surface area (Å²) in [4.78, 5) is 0. The van der Waals surface area contributed by atoms with E-state index in [1.165, 1.54) is 7.11 Å². The smallest absolute Gasteiger partial charge is 0.128 e. The monoisotopic (exact) mass is 327 g/mol. The topological polar surface area (TPSA) is 35.2 Å². The molecule has 0 amide bonds. The Kier molecular flexibility index (Phi) is 4.17. The van der Waals surface area contributed by atoms with Gasteiger partial charge in [0.05, 0.1) is 13.2 Å². The molecule has 0 aliphatic rings. The maximum atomic E-state index is 13.7. The van der Waals surface area contributed by atoms with Gasteiger partial charge in [-0.15, -0.1) is 0 Å². The van der Waals surface area contributed by atoms with Crippen LogP contribution in [-0.4, -0.2) is 7.11 Å². The van der Waals surface area contributed by atoms with Gasteiger partial charge in [-0.25, -0.2) is 8.78 Å². The van der Waals surface area contributed by atoms with Crippen LogP contribution >= 0.6 is 15.9 Å². The van der Waals surface area contributed by atoms with Crippen molar-refractivity contribution in [1.82, 2.24) is 0 Å². The molecule has 0 aliphatic carbocycles. The lowest BCUT2D eigenvalue weighted by Gasteiger charge is -2.17. The lowest BCUT2D eigenvalue weighted by Crippen LogP contribution is -2.15. The molecule has 0 spiro atoms. The minimum absolute atomic E-state index is 0.0978. The predicted molar refractivity (Wildman–Crippen MR) is 73.1 cm³/mol. The quantitative estimate of drug-likeness (QED) is 0.931. The van der Waals surface area contributed by atoms with Crippen molar-refractivity contribution in [2.45, 2.75) is 6.04 Å². The summed E-state index contributed by atoms with van der Waals surface area (Å²) >= 11 is 3.31. The highest BCUT2D eigenvalue weighted by molar-refractivity contribution is 9.10. The van der Waals surface area contributed by atoms with Crippen molar-refractivity contribution in [1.29, 1.82) is 0 Å². The molecule has 0 aliphatic heterocycles. The standard InChI is InChI=1S/C14H12BrF2NO/c1-19-13-6-8(15)2-4-10(13)14(18)11-7-9(16)3-5-12(11)17/h2-7,14H,18H2,1H3. The van der Waals surface area contributed by atoms with Crippen LogP contribution in [-0.2, 0) is 0 Å². The Bertz CT molecular complexity index is 604. The van der Waals surface area contributed by atoms with Gasteiger partial charge < -0.3 is 10.5 Å². The van der Waals surface area contributed by atoms with Crippen molar-refractivity contribution < 1.29 is 13.5 Å². The highest BCUT2D eigenvalue weighted by atomic mass is 79.9. The number of hydrogen-bond acceptors (Lipinski definition) is 2. The molecule has 0 saturated heterocycles. The average Bonchev–Trinajstić information content (AvgIpc) is 2.40. The Morgan fingerprint density at radius 2 is 1.84 bits per heavy atom. The zero-order chi connectivity index (χ0) is 14.0. The zero-order valence-corrected chi connectivity index (χ0v) is 11.7. The highest BCUT2D eigenvalue weighted by Gasteiger charge is 2.18. The molecular weight excluding hydrogens is 316 g/mol. The van der Waals surface area contributed by atoms with E-state index in [1.807, 2.05) is 0 Å². The van der Waals surface area contributed by atoms with Crippen molar-refractivity contribution in [3.63, 3.8) is 0 Å². The van der Waals surface area contributed by atoms with Crippen LogP contribution in [0.1, 0.15) is 17.2 Å². The van der Waals surface area contributed by atoms with E-state index in [2.05, 4.69) is 15.9 Å². The van der Waals surface area contributed by atoms with Gasteiger partial charge in [-0.1, -0.05) is 22.0 Å². The van der Waals surface area contributed by atoms with Crippen LogP contribution in [0.15, 0.2) is 40.9 Å². The zero-order valence-electron chi connectivity index (χ0n) is 10.2. The van der Waals surface area contributed by atoms with E-state index < -0.39 is 17.7 Å². The molecule has 0 bridgehead atoms. The SMILES string of the molecule is COc1cc(Br)ccc1C(N)c1cc(F)ccc1F. The predicted octanol–water partition coefficient (Wildman–Crippen LogP) is 3.78. The number of halogens is 3. The minimum atomic E-state index is -0.793. The molecule has 0 saturated carbocycles. The fraction of sp³-hybridized carbons (Fsp3) is 0.143. The van der Waals surface area contributed by atoms with Gasteiger partial charge in [-0.05, 0) is 30.3 Å². The molecule has 2 rings (SSSR count). The van der Waals surface area contributed by atoms with Crippen LogP contribution in [0.2, 0.25) is 0 Å². The van der Waals surface area contributed by atoms with Crippen LogP contribution in [0.3, 0.4) is 0 Å². The van der Waals surface area contributed by atoms with Crippen molar-refractivity contribution in [2.24, 2.45) is 5.73 Å². The second-order valence-corrected chi connectivity index (χ2v) is 4.95. The second-order valence-electron chi connectivity index (χ2n) is 4.03. The average molecular weight is 328 g/mol. The van der Waals surface area contributed by atoms with Crippen LogP contribution < -0.4 is 10.5 Å². The number of ether oxygens (including phenoxy) is 1. The Morgan fingerprint density at radius 1 is 1.11 bits per heavy atom. The number of benzene rings is 2. The first-order chi connectivity index (χ1) is 9.02. The summed E-state index contributed by atoms with van der Waals surface area (Å²) in [6, 6.07) is 7.65. The molecule has 19 heavy (non-hydrogen) atoms. The van der Waals surface area contributed by atoms with Gasteiger partial charge in [0.2, 0.25) is 0 Å². The normalized spacial score (nSPS) is 12.3. The molecule has 0 aromatic heterocycles. The van der Waals surface area contributed by atoms with Gasteiger partial charge in [-0.2, -0.15) is 0 Å². The Balaban J connectivity index is 2.49. The van der Waals surface area contributed by atoms with Gasteiger partial charge in [0, 0.05) is 15.6 Å². The first-order valence-corrected chi connectivity index (χ1v) is 6.36. The van der Waals surface area contributed by atoms with E-state index in [-0.39, 0.29) is 5.56 Å². The largest absolute Gasteiger partial charge is 0.496 e. The van der Waals surface area contributed by atoms with Crippen LogP contribution in [0, 0.1) is 11.6 Å². The molecule has 0 fully saturated rings. The van der Waals surface area contributed by atoms with Crippen molar-refractivity contribution in [2.75, 3.05) is 7.11 Å². The van der Waals surface area contributed by atoms with Crippen LogP contribution in [0.4, 0.5) is 8.78 Å². The second kappa shape index (κ2) is 5.67. The summed E-state index contributed by atoms with van der Waals surface area (Å²) in [5, 5.41) is 0. The molecule has 0 heterocycles. The molecule has 2 aromatic carbocycles. The maximum absolute atomic E-state index is 13.7. The molecule has 0 radical (unpaired) electrons. The third kappa shape index (κ3) is 2.93. The van der Waals surface area contributed by atoms with Gasteiger partial charge in [-0.3, -0.25) is 0 Å². The molecule has 100 valence electrons. The van der Waals surface area contributed by atoms with Crippen molar-refractivity contribution in [3.05, 3.63) is 63.6 Å². The fourth-order valence-electron chi connectivity index (χ4n) is 1.86. The third-order valence-electron chi connectivity index (χ3n) is 2.82. The fourth-order valence-corrected chi connectivity index (χ4v) is 2.20. The number of hydrogen-bond donors (Lipinski definition) is 1. The lowest BCUT2D eigenvalue weighted by molar-refractivity contribution is 0.407. The summed E-state index contributed by atoms with van der Waals surface area (Å²) < 4.78 is 33.0. The van der Waals surface area contributed by atoms with Gasteiger partial charge in [0.15, 0.2) is 0 Å². The number of methoxy groups -OCH3 is 1. The van der Waals surface area contributed by atoms with E-state index in [9.17, 15) is 8.78 Å². The molecule has 2 nitrogen and oxygen atoms in total. The van der Waals surface area contributed by atoms with E-state index in [0.717, 1.165) is 22.7 Å². The van der Waals surface area contributed by atoms with E-state index in [4.69, 9.17) is 10.5 Å². The first-order valence-electron chi connectivity index (χ1n) is 5.57. The van der Waals surface area contributed by atoms with E-state index >= 15 is 0 Å². The van der Waals surface area contributed by atoms with E-state index in [1.54, 1.807) is 18.2 Å². The Morgan fingerprint density at radius 3 is 2.53 bits per heavy atom. The number of rotatable bonds is 3. The van der Waals surface area contributed by atoms with Crippen molar-refractivity contribution in [3.8, 4) is 5.75 Å².